The highest BCUT2D eigenvalue weighted by Gasteiger charge is 2.54. The lowest BCUT2D eigenvalue weighted by Gasteiger charge is -2.28. The van der Waals surface area contributed by atoms with E-state index in [0.717, 1.165) is 4.90 Å². The molecular formula is C13H18FNO5. The van der Waals surface area contributed by atoms with Gasteiger partial charge in [0.25, 0.3) is 0 Å². The first kappa shape index (κ1) is 14.7. The van der Waals surface area contributed by atoms with Crippen LogP contribution >= 0.6 is 0 Å². The molecule has 3 unspecified atom stereocenters. The van der Waals surface area contributed by atoms with Crippen LogP contribution in [0.5, 0.6) is 0 Å². The number of hydrogen-bond donors (Lipinski definition) is 0. The van der Waals surface area contributed by atoms with Gasteiger partial charge in [-0.25, -0.2) is 9.59 Å². The molecule has 112 valence electrons. The average molecular weight is 287 g/mol. The molecule has 1 aliphatic carbocycles. The van der Waals surface area contributed by atoms with Gasteiger partial charge in [0.1, 0.15) is 17.4 Å². The molecule has 1 saturated carbocycles. The molecule has 1 saturated heterocycles. The lowest BCUT2D eigenvalue weighted by atomic mass is 9.94. The minimum absolute atomic E-state index is 0.00211. The van der Waals surface area contributed by atoms with Gasteiger partial charge in [-0.15, -0.1) is 0 Å². The zero-order valence-corrected chi connectivity index (χ0v) is 11.7. The molecule has 0 radical (unpaired) electrons. The Morgan fingerprint density at radius 3 is 2.55 bits per heavy atom. The summed E-state index contributed by atoms with van der Waals surface area (Å²) in [5.41, 5.74) is -0.733. The topological polar surface area (TPSA) is 72.9 Å². The Bertz CT molecular complexity index is 445. The Hall–Kier alpha value is -1.66. The van der Waals surface area contributed by atoms with Crippen molar-refractivity contribution in [2.75, 3.05) is 6.54 Å². The van der Waals surface area contributed by atoms with Crippen LogP contribution in [0.15, 0.2) is 0 Å². The van der Waals surface area contributed by atoms with Gasteiger partial charge in [-0.3, -0.25) is 14.6 Å². The molecule has 2 rings (SSSR count). The van der Waals surface area contributed by atoms with E-state index in [1.54, 1.807) is 20.8 Å². The second-order valence-electron chi connectivity index (χ2n) is 6.25. The molecular weight excluding hydrogens is 269 g/mol. The number of fused-ring (bicyclic) bond motifs is 1. The van der Waals surface area contributed by atoms with Gasteiger partial charge in [0.15, 0.2) is 0 Å². The summed E-state index contributed by atoms with van der Waals surface area (Å²) in [6.45, 7) is 5.15. The summed E-state index contributed by atoms with van der Waals surface area (Å²) in [7, 11) is 0. The van der Waals surface area contributed by atoms with Crippen LogP contribution in [0.4, 0.5) is 9.32 Å². The van der Waals surface area contributed by atoms with Crippen LogP contribution in [0.3, 0.4) is 0 Å². The predicted molar refractivity (Wildman–Crippen MR) is 65.1 cm³/mol. The average Bonchev–Trinajstić information content (AvgIpc) is 2.86. The van der Waals surface area contributed by atoms with Crippen LogP contribution in [0.1, 0.15) is 33.6 Å². The molecule has 0 spiro atoms. The summed E-state index contributed by atoms with van der Waals surface area (Å²) in [5, 5.41) is 0. The molecule has 0 aromatic heterocycles. The van der Waals surface area contributed by atoms with Crippen LogP contribution in [0, 0.1) is 11.8 Å². The number of ether oxygens (including phenoxy) is 1. The van der Waals surface area contributed by atoms with Gasteiger partial charge in [-0.2, -0.15) is 0 Å². The number of carbonyl (C=O) groups is 3. The molecule has 1 heterocycles. The van der Waals surface area contributed by atoms with E-state index in [0.29, 0.717) is 12.8 Å². The Labute approximate surface area is 116 Å². The fraction of sp³-hybridized carbons (Fsp3) is 0.769. The molecule has 2 fully saturated rings. The molecule has 1 amide bonds. The zero-order valence-electron chi connectivity index (χ0n) is 11.7. The van der Waals surface area contributed by atoms with Crippen LogP contribution in [-0.4, -0.2) is 40.9 Å². The molecule has 0 aromatic carbocycles. The Morgan fingerprint density at radius 1 is 1.35 bits per heavy atom. The highest BCUT2D eigenvalue weighted by atomic mass is 19.3. The van der Waals surface area contributed by atoms with Crippen LogP contribution < -0.4 is 0 Å². The van der Waals surface area contributed by atoms with E-state index in [9.17, 15) is 18.9 Å². The SMILES string of the molecule is CC(C)(C)OC(=O)N1CC2C(=O)CCC2C1C(=O)OF. The van der Waals surface area contributed by atoms with Crippen molar-refractivity contribution in [3.8, 4) is 0 Å². The highest BCUT2D eigenvalue weighted by molar-refractivity contribution is 5.90. The minimum Gasteiger partial charge on any atom is -0.444 e. The number of amides is 1. The molecule has 20 heavy (non-hydrogen) atoms. The molecule has 6 nitrogen and oxygen atoms in total. The maximum Gasteiger partial charge on any atom is 0.411 e. The Balaban J connectivity index is 2.21. The first-order chi connectivity index (χ1) is 9.24. The second-order valence-corrected chi connectivity index (χ2v) is 6.25. The van der Waals surface area contributed by atoms with Crippen LogP contribution in [0.25, 0.3) is 0 Å². The molecule has 0 N–H and O–H groups in total. The molecule has 7 heteroatoms. The maximum absolute atomic E-state index is 12.3. The molecule has 0 bridgehead atoms. The number of halogens is 1. The van der Waals surface area contributed by atoms with Gasteiger partial charge in [-0.1, -0.05) is 0 Å². The van der Waals surface area contributed by atoms with Crippen LogP contribution in [-0.2, 0) is 19.3 Å². The molecule has 1 aliphatic heterocycles. The predicted octanol–water partition coefficient (Wildman–Crippen LogP) is 1.63. The summed E-state index contributed by atoms with van der Waals surface area (Å²) in [6.07, 6.45) is 0.0888. The number of carbonyl (C=O) groups excluding carboxylic acids is 3. The van der Waals surface area contributed by atoms with Crippen molar-refractivity contribution in [3.05, 3.63) is 0 Å². The summed E-state index contributed by atoms with van der Waals surface area (Å²) >= 11 is 0. The van der Waals surface area contributed by atoms with E-state index < -0.39 is 29.6 Å². The van der Waals surface area contributed by atoms with Crippen molar-refractivity contribution in [3.63, 3.8) is 0 Å². The number of Topliss-reactive ketones (excluding diaryl/α,β-unsaturated/α-hetero) is 1. The first-order valence-electron chi connectivity index (χ1n) is 6.59. The van der Waals surface area contributed by atoms with Crippen molar-refractivity contribution >= 4 is 17.8 Å². The van der Waals surface area contributed by atoms with E-state index in [-0.39, 0.29) is 18.2 Å². The zero-order chi connectivity index (χ0) is 15.1. The molecule has 2 aliphatic rings. The van der Waals surface area contributed by atoms with Crippen LogP contribution in [0.2, 0.25) is 0 Å². The Morgan fingerprint density at radius 2 is 2.00 bits per heavy atom. The fourth-order valence-electron chi connectivity index (χ4n) is 2.96. The van der Waals surface area contributed by atoms with Gasteiger partial charge in [0.05, 0.1) is 0 Å². The van der Waals surface area contributed by atoms with Crippen molar-refractivity contribution in [2.24, 2.45) is 11.8 Å². The number of ketones is 1. The third-order valence-electron chi connectivity index (χ3n) is 3.73. The summed E-state index contributed by atoms with van der Waals surface area (Å²) in [5.74, 6) is -1.94. The fourth-order valence-corrected chi connectivity index (χ4v) is 2.96. The van der Waals surface area contributed by atoms with Gasteiger partial charge < -0.3 is 4.74 Å². The van der Waals surface area contributed by atoms with Gasteiger partial charge >= 0.3 is 12.1 Å². The van der Waals surface area contributed by atoms with Crippen molar-refractivity contribution in [2.45, 2.75) is 45.3 Å². The van der Waals surface area contributed by atoms with Crippen molar-refractivity contribution in [1.29, 1.82) is 0 Å². The standard InChI is InChI=1S/C13H18FNO5/c1-13(2,3)19-12(18)15-6-8-7(4-5-9(8)16)10(15)11(17)20-14/h7-8,10H,4-6H2,1-3H3. The summed E-state index contributed by atoms with van der Waals surface area (Å²) in [4.78, 5) is 39.8. The van der Waals surface area contributed by atoms with E-state index in [1.807, 2.05) is 0 Å². The van der Waals surface area contributed by atoms with E-state index >= 15 is 0 Å². The largest absolute Gasteiger partial charge is 0.444 e. The van der Waals surface area contributed by atoms with Crippen molar-refractivity contribution < 1.29 is 28.6 Å². The lowest BCUT2D eigenvalue weighted by Crippen LogP contribution is -2.45. The second kappa shape index (κ2) is 5.03. The van der Waals surface area contributed by atoms with Gasteiger partial charge in [-0.05, 0) is 27.2 Å². The van der Waals surface area contributed by atoms with E-state index in [1.165, 1.54) is 0 Å². The normalized spacial score (nSPS) is 29.3. The summed E-state index contributed by atoms with van der Waals surface area (Å²) < 4.78 is 17.4. The monoisotopic (exact) mass is 287 g/mol. The first-order valence-corrected chi connectivity index (χ1v) is 6.59. The smallest absolute Gasteiger partial charge is 0.411 e. The number of nitrogens with zero attached hydrogens (tertiary/aromatic N) is 1. The maximum atomic E-state index is 12.3. The quantitative estimate of drug-likeness (QED) is 0.733. The molecule has 0 aromatic rings. The Kier molecular flexibility index (Phi) is 3.71. The number of likely N-dealkylation sites (tertiary alicyclic amines) is 1. The highest BCUT2D eigenvalue weighted by Crippen LogP contribution is 2.41. The number of hydrogen-bond acceptors (Lipinski definition) is 5. The third-order valence-corrected chi connectivity index (χ3v) is 3.73. The molecule has 3 atom stereocenters. The van der Waals surface area contributed by atoms with Crippen molar-refractivity contribution in [1.82, 2.24) is 4.90 Å². The minimum atomic E-state index is -1.14. The van der Waals surface area contributed by atoms with Gasteiger partial charge in [0.2, 0.25) is 0 Å². The lowest BCUT2D eigenvalue weighted by molar-refractivity contribution is -0.190. The van der Waals surface area contributed by atoms with E-state index in [2.05, 4.69) is 4.94 Å². The van der Waals surface area contributed by atoms with Gasteiger partial charge in [0, 0.05) is 29.3 Å². The summed E-state index contributed by atoms with van der Waals surface area (Å²) in [6, 6.07) is -1.08. The third kappa shape index (κ3) is 2.62. The van der Waals surface area contributed by atoms with E-state index in [4.69, 9.17) is 4.74 Å². The number of rotatable bonds is 1.